The molecule has 2 heterocycles. The van der Waals surface area contributed by atoms with E-state index in [0.29, 0.717) is 12.3 Å². The van der Waals surface area contributed by atoms with E-state index in [1.807, 2.05) is 25.1 Å². The summed E-state index contributed by atoms with van der Waals surface area (Å²) in [5.41, 5.74) is 4.60. The average molecular weight is 364 g/mol. The molecule has 6 heteroatoms. The van der Waals surface area contributed by atoms with E-state index >= 15 is 0 Å². The Hall–Kier alpha value is -2.91. The number of amides is 1. The molecule has 1 aliphatic rings. The highest BCUT2D eigenvalue weighted by molar-refractivity contribution is 5.79. The van der Waals surface area contributed by atoms with E-state index in [9.17, 15) is 4.79 Å². The van der Waals surface area contributed by atoms with Crippen molar-refractivity contribution in [1.29, 1.82) is 5.26 Å². The number of carbonyl (C=O) groups excluding carboxylic acids is 1. The number of ether oxygens (including phenoxy) is 1. The molecule has 0 atom stereocenters. The number of likely N-dealkylation sites (tertiary alicyclic amines) is 1. The molecule has 2 aromatic rings. The van der Waals surface area contributed by atoms with Crippen LogP contribution >= 0.6 is 0 Å². The number of hydrogen-bond donors (Lipinski definition) is 1. The molecule has 0 radical (unpaired) electrons. The van der Waals surface area contributed by atoms with Gasteiger partial charge in [0.15, 0.2) is 0 Å². The minimum Gasteiger partial charge on any atom is -0.487 e. The van der Waals surface area contributed by atoms with Gasteiger partial charge in [-0.05, 0) is 48.7 Å². The molecule has 1 aromatic carbocycles. The number of benzene rings is 1. The molecule has 0 bridgehead atoms. The van der Waals surface area contributed by atoms with Crippen molar-refractivity contribution in [3.05, 3.63) is 58.4 Å². The number of nitrogens with zero attached hydrogens (tertiary/aromatic N) is 3. The van der Waals surface area contributed by atoms with Crippen LogP contribution in [0.3, 0.4) is 0 Å². The Bertz CT molecular complexity index is 882. The van der Waals surface area contributed by atoms with E-state index in [1.54, 1.807) is 13.1 Å². The summed E-state index contributed by atoms with van der Waals surface area (Å²) in [5, 5.41) is 11.6. The lowest BCUT2D eigenvalue weighted by Gasteiger charge is -2.38. The van der Waals surface area contributed by atoms with Crippen LogP contribution < -0.4 is 10.1 Å². The first-order chi connectivity index (χ1) is 13.0. The second-order valence-corrected chi connectivity index (χ2v) is 6.96. The van der Waals surface area contributed by atoms with Crippen molar-refractivity contribution in [3.63, 3.8) is 0 Å². The molecular formula is C21H24N4O2. The summed E-state index contributed by atoms with van der Waals surface area (Å²) in [6, 6.07) is 11.6. The molecule has 1 N–H and O–H groups in total. The van der Waals surface area contributed by atoms with E-state index in [1.165, 1.54) is 5.56 Å². The number of nitrogens with one attached hydrogen (secondary N) is 1. The van der Waals surface area contributed by atoms with Crippen LogP contribution in [-0.2, 0) is 17.9 Å². The molecule has 1 aromatic heterocycles. The smallest absolute Gasteiger partial charge is 0.225 e. The highest BCUT2D eigenvalue weighted by atomic mass is 16.5. The van der Waals surface area contributed by atoms with Crippen LogP contribution in [0.25, 0.3) is 0 Å². The lowest BCUT2D eigenvalue weighted by molar-refractivity contribution is -0.129. The van der Waals surface area contributed by atoms with Crippen molar-refractivity contribution in [1.82, 2.24) is 15.2 Å². The molecule has 1 amide bonds. The zero-order chi connectivity index (χ0) is 19.4. The molecule has 3 rings (SSSR count). The van der Waals surface area contributed by atoms with Crippen LogP contribution in [0.1, 0.15) is 28.1 Å². The van der Waals surface area contributed by atoms with Gasteiger partial charge >= 0.3 is 0 Å². The second-order valence-electron chi connectivity index (χ2n) is 6.96. The van der Waals surface area contributed by atoms with E-state index in [0.717, 1.165) is 42.2 Å². The molecule has 0 saturated carbocycles. The van der Waals surface area contributed by atoms with Gasteiger partial charge in [0, 0.05) is 26.7 Å². The van der Waals surface area contributed by atoms with Crippen molar-refractivity contribution in [2.45, 2.75) is 27.0 Å². The monoisotopic (exact) mass is 364 g/mol. The number of carbonyl (C=O) groups is 1. The number of hydrogen-bond acceptors (Lipinski definition) is 5. The maximum atomic E-state index is 11.6. The Labute approximate surface area is 159 Å². The van der Waals surface area contributed by atoms with E-state index in [4.69, 9.17) is 10.00 Å². The number of pyridine rings is 1. The van der Waals surface area contributed by atoms with E-state index < -0.39 is 0 Å². The van der Waals surface area contributed by atoms with Gasteiger partial charge in [-0.1, -0.05) is 12.1 Å². The molecule has 140 valence electrons. The summed E-state index contributed by atoms with van der Waals surface area (Å²) in [7, 11) is 1.68. The van der Waals surface area contributed by atoms with Gasteiger partial charge in [-0.15, -0.1) is 0 Å². The first-order valence-electron chi connectivity index (χ1n) is 9.03. The SMILES string of the molecule is CNC(=O)C1CN(Cc2cc(C)c(OCc3cccc(C#N)n3)cc2C)C1. The molecule has 0 unspecified atom stereocenters. The molecule has 27 heavy (non-hydrogen) atoms. The minimum atomic E-state index is 0.107. The Morgan fingerprint density at radius 1 is 1.33 bits per heavy atom. The van der Waals surface area contributed by atoms with Crippen LogP contribution in [-0.4, -0.2) is 35.9 Å². The van der Waals surface area contributed by atoms with Crippen LogP contribution in [0, 0.1) is 31.1 Å². The van der Waals surface area contributed by atoms with Gasteiger partial charge in [0.2, 0.25) is 5.91 Å². The molecule has 1 aliphatic heterocycles. The van der Waals surface area contributed by atoms with Crippen molar-refractivity contribution < 1.29 is 9.53 Å². The fourth-order valence-electron chi connectivity index (χ4n) is 3.26. The van der Waals surface area contributed by atoms with Crippen LogP contribution in [0.2, 0.25) is 0 Å². The molecular weight excluding hydrogens is 340 g/mol. The van der Waals surface area contributed by atoms with Gasteiger partial charge < -0.3 is 10.1 Å². The zero-order valence-electron chi connectivity index (χ0n) is 16.0. The summed E-state index contributed by atoms with van der Waals surface area (Å²) in [6.07, 6.45) is 0. The van der Waals surface area contributed by atoms with Gasteiger partial charge in [-0.2, -0.15) is 5.26 Å². The van der Waals surface area contributed by atoms with Gasteiger partial charge in [-0.3, -0.25) is 9.69 Å². The van der Waals surface area contributed by atoms with Crippen LogP contribution in [0.4, 0.5) is 0 Å². The Kier molecular flexibility index (Phi) is 5.72. The molecule has 1 fully saturated rings. The van der Waals surface area contributed by atoms with Crippen LogP contribution in [0.5, 0.6) is 5.75 Å². The predicted molar refractivity (Wildman–Crippen MR) is 102 cm³/mol. The fraction of sp³-hybridized carbons (Fsp3) is 0.381. The Morgan fingerprint density at radius 2 is 2.11 bits per heavy atom. The Balaban J connectivity index is 1.61. The quantitative estimate of drug-likeness (QED) is 0.851. The molecule has 0 spiro atoms. The van der Waals surface area contributed by atoms with Crippen molar-refractivity contribution >= 4 is 5.91 Å². The molecule has 1 saturated heterocycles. The molecule has 0 aliphatic carbocycles. The van der Waals surface area contributed by atoms with Crippen molar-refractivity contribution in [2.75, 3.05) is 20.1 Å². The zero-order valence-corrected chi connectivity index (χ0v) is 16.0. The third kappa shape index (κ3) is 4.44. The summed E-state index contributed by atoms with van der Waals surface area (Å²) < 4.78 is 5.93. The first-order valence-corrected chi connectivity index (χ1v) is 9.03. The predicted octanol–water partition coefficient (Wildman–Crippen LogP) is 2.33. The van der Waals surface area contributed by atoms with Gasteiger partial charge in [0.1, 0.15) is 24.1 Å². The van der Waals surface area contributed by atoms with Crippen molar-refractivity contribution in [3.8, 4) is 11.8 Å². The second kappa shape index (κ2) is 8.19. The summed E-state index contributed by atoms with van der Waals surface area (Å²) >= 11 is 0. The standard InChI is InChI=1S/C21H24N4O2/c1-14-8-20(27-13-19-6-4-5-18(9-22)24-19)15(2)7-16(14)10-25-11-17(12-25)21(26)23-3/h4-8,17H,10-13H2,1-3H3,(H,23,26). The summed E-state index contributed by atoms with van der Waals surface area (Å²) in [6.45, 7) is 6.88. The topological polar surface area (TPSA) is 78.3 Å². The third-order valence-electron chi connectivity index (χ3n) is 4.90. The Morgan fingerprint density at radius 3 is 2.81 bits per heavy atom. The highest BCUT2D eigenvalue weighted by Gasteiger charge is 2.31. The maximum Gasteiger partial charge on any atom is 0.225 e. The largest absolute Gasteiger partial charge is 0.487 e. The lowest BCUT2D eigenvalue weighted by Crippen LogP contribution is -2.52. The number of nitriles is 1. The minimum absolute atomic E-state index is 0.107. The lowest BCUT2D eigenvalue weighted by atomic mass is 9.96. The van der Waals surface area contributed by atoms with E-state index in [2.05, 4.69) is 34.3 Å². The van der Waals surface area contributed by atoms with Crippen LogP contribution in [0.15, 0.2) is 30.3 Å². The first kappa shape index (κ1) is 18.9. The van der Waals surface area contributed by atoms with Crippen molar-refractivity contribution in [2.24, 2.45) is 5.92 Å². The third-order valence-corrected chi connectivity index (χ3v) is 4.90. The van der Waals surface area contributed by atoms with Gasteiger partial charge in [-0.25, -0.2) is 4.98 Å². The molecule has 6 nitrogen and oxygen atoms in total. The maximum absolute atomic E-state index is 11.6. The average Bonchev–Trinajstić information content (AvgIpc) is 2.65. The van der Waals surface area contributed by atoms with Gasteiger partial charge in [0.25, 0.3) is 0 Å². The highest BCUT2D eigenvalue weighted by Crippen LogP contribution is 2.27. The normalized spacial score (nSPS) is 14.3. The number of aryl methyl sites for hydroxylation is 2. The van der Waals surface area contributed by atoms with E-state index in [-0.39, 0.29) is 11.8 Å². The number of aromatic nitrogens is 1. The fourth-order valence-corrected chi connectivity index (χ4v) is 3.26. The summed E-state index contributed by atoms with van der Waals surface area (Å²) in [5.74, 6) is 1.06. The number of rotatable bonds is 6. The summed E-state index contributed by atoms with van der Waals surface area (Å²) in [4.78, 5) is 18.1. The van der Waals surface area contributed by atoms with Gasteiger partial charge in [0.05, 0.1) is 11.6 Å².